The van der Waals surface area contributed by atoms with E-state index in [0.717, 1.165) is 18.1 Å². The molecule has 1 aromatic rings. The van der Waals surface area contributed by atoms with Crippen LogP contribution in [0.5, 0.6) is 0 Å². The molecule has 4 heteroatoms. The molecule has 1 rings (SSSR count). The molecule has 0 spiro atoms. The van der Waals surface area contributed by atoms with Crippen molar-refractivity contribution in [2.45, 2.75) is 52.5 Å². The van der Waals surface area contributed by atoms with Crippen LogP contribution in [0.3, 0.4) is 0 Å². The third kappa shape index (κ3) is 3.04. The summed E-state index contributed by atoms with van der Waals surface area (Å²) in [4.78, 5) is 4.56. The lowest BCUT2D eigenvalue weighted by Gasteiger charge is -2.13. The first-order chi connectivity index (χ1) is 7.21. The van der Waals surface area contributed by atoms with Gasteiger partial charge < -0.3 is 5.73 Å². The van der Waals surface area contributed by atoms with Crippen molar-refractivity contribution in [3.63, 3.8) is 0 Å². The SMILES string of the molecule is CC(C)CC(N)c1nc(C(C)(C)C)nn1C. The largest absolute Gasteiger partial charge is 0.321 e. The van der Waals surface area contributed by atoms with E-state index in [0.29, 0.717) is 5.92 Å². The lowest BCUT2D eigenvalue weighted by Crippen LogP contribution is -2.18. The molecule has 0 aliphatic rings. The van der Waals surface area contributed by atoms with Crippen LogP contribution in [0.2, 0.25) is 0 Å². The summed E-state index contributed by atoms with van der Waals surface area (Å²) < 4.78 is 1.81. The zero-order valence-electron chi connectivity index (χ0n) is 11.3. The summed E-state index contributed by atoms with van der Waals surface area (Å²) in [6.45, 7) is 10.7. The number of nitrogens with zero attached hydrogens (tertiary/aromatic N) is 3. The first-order valence-electron chi connectivity index (χ1n) is 5.88. The predicted molar refractivity (Wildman–Crippen MR) is 66.1 cm³/mol. The molecule has 0 aliphatic carbocycles. The summed E-state index contributed by atoms with van der Waals surface area (Å²) in [6, 6.07) is -0.0198. The molecule has 0 aliphatic heterocycles. The topological polar surface area (TPSA) is 56.7 Å². The molecule has 16 heavy (non-hydrogen) atoms. The van der Waals surface area contributed by atoms with Gasteiger partial charge in [0.2, 0.25) is 0 Å². The van der Waals surface area contributed by atoms with E-state index in [1.165, 1.54) is 0 Å². The molecule has 0 aromatic carbocycles. The monoisotopic (exact) mass is 224 g/mol. The van der Waals surface area contributed by atoms with Crippen molar-refractivity contribution in [3.05, 3.63) is 11.6 Å². The molecular formula is C12H24N4. The summed E-state index contributed by atoms with van der Waals surface area (Å²) in [6.07, 6.45) is 0.941. The van der Waals surface area contributed by atoms with E-state index >= 15 is 0 Å². The first-order valence-corrected chi connectivity index (χ1v) is 5.88. The second kappa shape index (κ2) is 4.53. The van der Waals surface area contributed by atoms with E-state index in [-0.39, 0.29) is 11.5 Å². The Labute approximate surface area is 98.2 Å². The number of nitrogens with two attached hydrogens (primary N) is 1. The summed E-state index contributed by atoms with van der Waals surface area (Å²) in [5.74, 6) is 2.33. The molecule has 1 heterocycles. The van der Waals surface area contributed by atoms with Gasteiger partial charge in [-0.25, -0.2) is 4.98 Å². The quantitative estimate of drug-likeness (QED) is 0.856. The molecule has 0 fully saturated rings. The second-order valence-electron chi connectivity index (χ2n) is 5.90. The van der Waals surface area contributed by atoms with E-state index in [1.807, 2.05) is 11.7 Å². The molecule has 1 aromatic heterocycles. The summed E-state index contributed by atoms with van der Waals surface area (Å²) in [7, 11) is 1.91. The van der Waals surface area contributed by atoms with Crippen molar-refractivity contribution in [2.24, 2.45) is 18.7 Å². The van der Waals surface area contributed by atoms with Gasteiger partial charge in [-0.15, -0.1) is 0 Å². The van der Waals surface area contributed by atoms with Crippen LogP contribution in [0.4, 0.5) is 0 Å². The number of hydrogen-bond acceptors (Lipinski definition) is 3. The van der Waals surface area contributed by atoms with Gasteiger partial charge in [-0.1, -0.05) is 34.6 Å². The molecule has 0 radical (unpaired) electrons. The molecule has 2 N–H and O–H groups in total. The minimum absolute atomic E-state index is 0.0198. The number of aromatic nitrogens is 3. The van der Waals surface area contributed by atoms with Gasteiger partial charge in [0.05, 0.1) is 6.04 Å². The van der Waals surface area contributed by atoms with Crippen molar-refractivity contribution in [1.82, 2.24) is 14.8 Å². The molecule has 1 unspecified atom stereocenters. The lowest BCUT2D eigenvalue weighted by molar-refractivity contribution is 0.477. The van der Waals surface area contributed by atoms with Gasteiger partial charge in [-0.3, -0.25) is 4.68 Å². The molecular weight excluding hydrogens is 200 g/mol. The normalized spacial score (nSPS) is 14.5. The van der Waals surface area contributed by atoms with Crippen LogP contribution in [0.25, 0.3) is 0 Å². The van der Waals surface area contributed by atoms with Gasteiger partial charge in [0, 0.05) is 12.5 Å². The molecule has 0 amide bonds. The minimum atomic E-state index is -0.0203. The summed E-state index contributed by atoms with van der Waals surface area (Å²) >= 11 is 0. The maximum Gasteiger partial charge on any atom is 0.156 e. The highest BCUT2D eigenvalue weighted by atomic mass is 15.3. The van der Waals surface area contributed by atoms with Crippen molar-refractivity contribution in [1.29, 1.82) is 0 Å². The maximum absolute atomic E-state index is 6.13. The zero-order valence-corrected chi connectivity index (χ0v) is 11.3. The fraction of sp³-hybridized carbons (Fsp3) is 0.833. The van der Waals surface area contributed by atoms with Gasteiger partial charge in [-0.2, -0.15) is 5.10 Å². The fourth-order valence-corrected chi connectivity index (χ4v) is 1.65. The van der Waals surface area contributed by atoms with Crippen LogP contribution in [0.1, 0.15) is 58.7 Å². The Morgan fingerprint density at radius 1 is 1.31 bits per heavy atom. The number of hydrogen-bond donors (Lipinski definition) is 1. The third-order valence-corrected chi connectivity index (χ3v) is 2.52. The third-order valence-electron chi connectivity index (χ3n) is 2.52. The van der Waals surface area contributed by atoms with E-state index in [1.54, 1.807) is 0 Å². The van der Waals surface area contributed by atoms with E-state index in [2.05, 4.69) is 44.7 Å². The van der Waals surface area contributed by atoms with Crippen LogP contribution < -0.4 is 5.73 Å². The summed E-state index contributed by atoms with van der Waals surface area (Å²) in [5, 5.41) is 4.44. The molecule has 1 atom stereocenters. The van der Waals surface area contributed by atoms with Crippen LogP contribution >= 0.6 is 0 Å². The van der Waals surface area contributed by atoms with E-state index < -0.39 is 0 Å². The smallest absolute Gasteiger partial charge is 0.156 e. The van der Waals surface area contributed by atoms with Crippen molar-refractivity contribution >= 4 is 0 Å². The average molecular weight is 224 g/mol. The van der Waals surface area contributed by atoms with Gasteiger partial charge in [0.25, 0.3) is 0 Å². The van der Waals surface area contributed by atoms with Crippen LogP contribution in [0, 0.1) is 5.92 Å². The van der Waals surface area contributed by atoms with Crippen molar-refractivity contribution < 1.29 is 0 Å². The van der Waals surface area contributed by atoms with Crippen molar-refractivity contribution in [3.8, 4) is 0 Å². The highest BCUT2D eigenvalue weighted by molar-refractivity contribution is 5.05. The highest BCUT2D eigenvalue weighted by Crippen LogP contribution is 2.22. The Morgan fingerprint density at radius 2 is 1.88 bits per heavy atom. The molecule has 0 bridgehead atoms. The Balaban J connectivity index is 2.94. The molecule has 92 valence electrons. The first kappa shape index (κ1) is 13.2. The van der Waals surface area contributed by atoms with Crippen LogP contribution in [0.15, 0.2) is 0 Å². The zero-order chi connectivity index (χ0) is 12.5. The Morgan fingerprint density at radius 3 is 2.25 bits per heavy atom. The average Bonchev–Trinajstić information content (AvgIpc) is 2.44. The molecule has 0 saturated carbocycles. The molecule has 0 saturated heterocycles. The van der Waals surface area contributed by atoms with Gasteiger partial charge in [-0.05, 0) is 12.3 Å². The summed E-state index contributed by atoms with van der Waals surface area (Å²) in [5.41, 5.74) is 6.11. The van der Waals surface area contributed by atoms with Gasteiger partial charge in [0.15, 0.2) is 5.82 Å². The number of aryl methyl sites for hydroxylation is 1. The van der Waals surface area contributed by atoms with Crippen molar-refractivity contribution in [2.75, 3.05) is 0 Å². The van der Waals surface area contributed by atoms with Gasteiger partial charge >= 0.3 is 0 Å². The Kier molecular flexibility index (Phi) is 3.73. The maximum atomic E-state index is 6.13. The lowest BCUT2D eigenvalue weighted by atomic mass is 9.96. The van der Waals surface area contributed by atoms with Crippen LogP contribution in [-0.4, -0.2) is 14.8 Å². The van der Waals surface area contributed by atoms with E-state index in [9.17, 15) is 0 Å². The molecule has 4 nitrogen and oxygen atoms in total. The second-order valence-corrected chi connectivity index (χ2v) is 5.90. The predicted octanol–water partition coefficient (Wildman–Crippen LogP) is 2.16. The van der Waals surface area contributed by atoms with E-state index in [4.69, 9.17) is 5.73 Å². The number of rotatable bonds is 3. The minimum Gasteiger partial charge on any atom is -0.321 e. The van der Waals surface area contributed by atoms with Crippen LogP contribution in [-0.2, 0) is 12.5 Å². The Bertz CT molecular complexity index is 346. The highest BCUT2D eigenvalue weighted by Gasteiger charge is 2.23. The fourth-order valence-electron chi connectivity index (χ4n) is 1.65. The standard InChI is InChI=1S/C12H24N4/c1-8(2)7-9(13)10-14-11(12(3,4)5)15-16(10)6/h8-9H,7,13H2,1-6H3. The van der Waals surface area contributed by atoms with Gasteiger partial charge in [0.1, 0.15) is 5.82 Å². The Hall–Kier alpha value is -0.900.